The molecule has 0 aliphatic carbocycles. The summed E-state index contributed by atoms with van der Waals surface area (Å²) in [5.41, 5.74) is 1.71. The van der Waals surface area contributed by atoms with E-state index in [4.69, 9.17) is 38.0 Å². The first-order valence-corrected chi connectivity index (χ1v) is 12.7. The number of halogens is 2. The molecule has 2 atom stereocenters. The lowest BCUT2D eigenvalue weighted by Gasteiger charge is -2.14. The molecule has 2 heterocycles. The van der Waals surface area contributed by atoms with Crippen molar-refractivity contribution < 1.29 is 19.0 Å². The topological polar surface area (TPSA) is 44.8 Å². The molecular formula is C24H22BrClO4S2. The molecule has 0 spiro atoms. The number of benzene rings is 2. The highest BCUT2D eigenvalue weighted by molar-refractivity contribution is 9.10. The predicted octanol–water partition coefficient (Wildman–Crippen LogP) is 6.86. The van der Waals surface area contributed by atoms with Gasteiger partial charge in [0.2, 0.25) is 0 Å². The lowest BCUT2D eigenvalue weighted by atomic mass is 9.96. The van der Waals surface area contributed by atoms with Gasteiger partial charge in [0.05, 0.1) is 28.2 Å². The van der Waals surface area contributed by atoms with Crippen LogP contribution >= 0.6 is 51.5 Å². The van der Waals surface area contributed by atoms with Gasteiger partial charge in [0, 0.05) is 21.7 Å². The molecule has 2 aromatic carbocycles. The van der Waals surface area contributed by atoms with Crippen molar-refractivity contribution in [3.63, 3.8) is 0 Å². The molecule has 168 valence electrons. The summed E-state index contributed by atoms with van der Waals surface area (Å²) >= 11 is 16.7. The standard InChI is InChI=1S/C24H22BrClO4S2/c1-28-20-9-15(18(25)12-21(20)30-13-14-5-2-3-7-19(14)26)10-22-23(27)17(24(31)32-22)11-16-6-4-8-29-16/h2-3,5,7,9-10,12,16-17H,4,6,8,11,13H2,1H3/b22-10-/t16-,17-/m1/s1. The Balaban J connectivity index is 1.52. The monoisotopic (exact) mass is 552 g/mol. The van der Waals surface area contributed by atoms with E-state index >= 15 is 0 Å². The van der Waals surface area contributed by atoms with Gasteiger partial charge >= 0.3 is 0 Å². The van der Waals surface area contributed by atoms with Crippen LogP contribution in [-0.2, 0) is 16.1 Å². The number of ketones is 1. The summed E-state index contributed by atoms with van der Waals surface area (Å²) in [6.45, 7) is 1.09. The molecule has 2 aliphatic heterocycles. The second-order valence-corrected chi connectivity index (χ2v) is 10.7. The first-order chi connectivity index (χ1) is 15.5. The van der Waals surface area contributed by atoms with E-state index < -0.39 is 0 Å². The normalized spacial score (nSPS) is 22.0. The van der Waals surface area contributed by atoms with Crippen molar-refractivity contribution in [2.24, 2.45) is 5.92 Å². The Kier molecular flexibility index (Phi) is 7.95. The van der Waals surface area contributed by atoms with E-state index in [0.717, 1.165) is 39.2 Å². The molecule has 2 saturated heterocycles. The van der Waals surface area contributed by atoms with Gasteiger partial charge in [-0.3, -0.25) is 4.79 Å². The molecule has 0 saturated carbocycles. The van der Waals surface area contributed by atoms with Gasteiger partial charge in [-0.15, -0.1) is 0 Å². The molecule has 2 fully saturated rings. The number of Topliss-reactive ketones (excluding diaryl/α,β-unsaturated/α-hetero) is 1. The SMILES string of the molecule is COc1cc(/C=C2\SC(=S)[C@H](C[C@H]3CCCO3)C2=O)c(Br)cc1OCc1ccccc1Cl. The van der Waals surface area contributed by atoms with Crippen LogP contribution in [0, 0.1) is 5.92 Å². The number of allylic oxidation sites excluding steroid dienone is 1. The van der Waals surface area contributed by atoms with Crippen LogP contribution in [0.5, 0.6) is 11.5 Å². The van der Waals surface area contributed by atoms with Gasteiger partial charge in [-0.2, -0.15) is 0 Å². The first kappa shape index (κ1) is 23.8. The third-order valence-electron chi connectivity index (χ3n) is 5.49. The van der Waals surface area contributed by atoms with Gasteiger partial charge in [-0.05, 0) is 49.1 Å². The molecule has 0 N–H and O–H groups in total. The number of thioether (sulfide) groups is 1. The van der Waals surface area contributed by atoms with Crippen molar-refractivity contribution in [2.75, 3.05) is 13.7 Å². The molecule has 0 radical (unpaired) electrons. The predicted molar refractivity (Wildman–Crippen MR) is 137 cm³/mol. The highest BCUT2D eigenvalue weighted by Crippen LogP contribution is 2.42. The van der Waals surface area contributed by atoms with E-state index in [0.29, 0.717) is 34.5 Å². The van der Waals surface area contributed by atoms with E-state index in [2.05, 4.69) is 15.9 Å². The van der Waals surface area contributed by atoms with Crippen molar-refractivity contribution in [3.05, 3.63) is 61.9 Å². The maximum atomic E-state index is 13.0. The average Bonchev–Trinajstić information content (AvgIpc) is 3.39. The van der Waals surface area contributed by atoms with E-state index in [1.807, 2.05) is 42.5 Å². The molecule has 4 nitrogen and oxygen atoms in total. The van der Waals surface area contributed by atoms with Gasteiger partial charge in [0.15, 0.2) is 17.3 Å². The Morgan fingerprint density at radius 1 is 1.31 bits per heavy atom. The Morgan fingerprint density at radius 3 is 2.84 bits per heavy atom. The van der Waals surface area contributed by atoms with E-state index in [9.17, 15) is 4.79 Å². The summed E-state index contributed by atoms with van der Waals surface area (Å²) in [4.78, 5) is 13.7. The van der Waals surface area contributed by atoms with Gasteiger partial charge in [-0.25, -0.2) is 0 Å². The summed E-state index contributed by atoms with van der Waals surface area (Å²) < 4.78 is 18.7. The minimum absolute atomic E-state index is 0.0698. The Morgan fingerprint density at radius 2 is 2.12 bits per heavy atom. The zero-order valence-corrected chi connectivity index (χ0v) is 21.4. The maximum absolute atomic E-state index is 13.0. The first-order valence-electron chi connectivity index (χ1n) is 10.3. The molecule has 2 aliphatic rings. The van der Waals surface area contributed by atoms with Crippen LogP contribution in [0.4, 0.5) is 0 Å². The van der Waals surface area contributed by atoms with Gasteiger partial charge in [0.1, 0.15) is 6.61 Å². The number of thiocarbonyl (C=S) groups is 1. The smallest absolute Gasteiger partial charge is 0.178 e. The summed E-state index contributed by atoms with van der Waals surface area (Å²) in [7, 11) is 1.59. The lowest BCUT2D eigenvalue weighted by molar-refractivity contribution is -0.117. The Bertz CT molecular complexity index is 1070. The van der Waals surface area contributed by atoms with E-state index in [1.54, 1.807) is 7.11 Å². The molecule has 0 aromatic heterocycles. The van der Waals surface area contributed by atoms with Crippen LogP contribution in [0.2, 0.25) is 5.02 Å². The van der Waals surface area contributed by atoms with Gasteiger partial charge in [-0.1, -0.05) is 69.7 Å². The Hall–Kier alpha value is -1.38. The highest BCUT2D eigenvalue weighted by Gasteiger charge is 2.37. The highest BCUT2D eigenvalue weighted by atomic mass is 79.9. The van der Waals surface area contributed by atoms with Crippen molar-refractivity contribution in [1.29, 1.82) is 0 Å². The number of methoxy groups -OCH3 is 1. The van der Waals surface area contributed by atoms with Crippen LogP contribution < -0.4 is 9.47 Å². The lowest BCUT2D eigenvalue weighted by Crippen LogP contribution is -2.20. The zero-order valence-electron chi connectivity index (χ0n) is 17.4. The van der Waals surface area contributed by atoms with Crippen LogP contribution in [0.1, 0.15) is 30.4 Å². The van der Waals surface area contributed by atoms with Crippen LogP contribution in [0.25, 0.3) is 6.08 Å². The summed E-state index contributed by atoms with van der Waals surface area (Å²) in [6.07, 6.45) is 4.70. The molecule has 0 bridgehead atoms. The minimum Gasteiger partial charge on any atom is -0.493 e. The van der Waals surface area contributed by atoms with Crippen molar-refractivity contribution in [1.82, 2.24) is 0 Å². The van der Waals surface area contributed by atoms with Crippen molar-refractivity contribution in [3.8, 4) is 11.5 Å². The number of hydrogen-bond acceptors (Lipinski definition) is 6. The van der Waals surface area contributed by atoms with Gasteiger partial charge in [0.25, 0.3) is 0 Å². The summed E-state index contributed by atoms with van der Waals surface area (Å²) in [5, 5.41) is 0.650. The maximum Gasteiger partial charge on any atom is 0.178 e. The Labute approximate surface area is 210 Å². The molecule has 0 amide bonds. The van der Waals surface area contributed by atoms with E-state index in [1.165, 1.54) is 11.8 Å². The fourth-order valence-corrected chi connectivity index (χ4v) is 5.84. The quantitative estimate of drug-likeness (QED) is 0.276. The molecule has 4 rings (SSSR count). The number of carbonyl (C=O) groups is 1. The molecular weight excluding hydrogens is 532 g/mol. The molecule has 0 unspecified atom stereocenters. The molecule has 2 aromatic rings. The van der Waals surface area contributed by atoms with Crippen LogP contribution in [0.3, 0.4) is 0 Å². The minimum atomic E-state index is -0.261. The number of carbonyl (C=O) groups excluding carboxylic acids is 1. The number of rotatable bonds is 7. The summed E-state index contributed by atoms with van der Waals surface area (Å²) in [6, 6.07) is 11.2. The average molecular weight is 554 g/mol. The van der Waals surface area contributed by atoms with Crippen LogP contribution in [-0.4, -0.2) is 29.8 Å². The van der Waals surface area contributed by atoms with Gasteiger partial charge < -0.3 is 14.2 Å². The molecule has 32 heavy (non-hydrogen) atoms. The fraction of sp³-hybridized carbons (Fsp3) is 0.333. The largest absolute Gasteiger partial charge is 0.493 e. The number of hydrogen-bond donors (Lipinski definition) is 0. The fourth-order valence-electron chi connectivity index (χ4n) is 3.75. The zero-order chi connectivity index (χ0) is 22.7. The van der Waals surface area contributed by atoms with Crippen molar-refractivity contribution in [2.45, 2.75) is 32.0 Å². The van der Waals surface area contributed by atoms with E-state index in [-0.39, 0.29) is 17.8 Å². The van der Waals surface area contributed by atoms with Crippen LogP contribution in [0.15, 0.2) is 45.8 Å². The number of ether oxygens (including phenoxy) is 3. The van der Waals surface area contributed by atoms with Crippen molar-refractivity contribution >= 4 is 67.6 Å². The molecule has 8 heteroatoms. The summed E-state index contributed by atoms with van der Waals surface area (Å²) in [5.74, 6) is 0.961. The second-order valence-electron chi connectivity index (χ2n) is 7.62. The third kappa shape index (κ3) is 5.39. The third-order valence-corrected chi connectivity index (χ3v) is 8.10. The second kappa shape index (κ2) is 10.7.